The Morgan fingerprint density at radius 3 is 2.57 bits per heavy atom. The summed E-state index contributed by atoms with van der Waals surface area (Å²) >= 11 is 0. The Morgan fingerprint density at radius 2 is 1.91 bits per heavy atom. The first kappa shape index (κ1) is 15.1. The average Bonchev–Trinajstić information content (AvgIpc) is 3.00. The number of aryl methyl sites for hydroxylation is 1. The lowest BCUT2D eigenvalue weighted by molar-refractivity contribution is 0.187. The molecule has 1 aromatic rings. The van der Waals surface area contributed by atoms with Gasteiger partial charge in [0, 0.05) is 18.1 Å². The molecular weight excluding hydrogens is 295 g/mol. The highest BCUT2D eigenvalue weighted by Crippen LogP contribution is 2.51. The van der Waals surface area contributed by atoms with Crippen LogP contribution in [0.2, 0.25) is 0 Å². The summed E-state index contributed by atoms with van der Waals surface area (Å²) in [5.41, 5.74) is 2.61. The third kappa shape index (κ3) is 2.37. The normalized spacial score (nSPS) is 26.7. The molecule has 0 radical (unpaired) electrons. The highest BCUT2D eigenvalue weighted by molar-refractivity contribution is 5.53. The quantitative estimate of drug-likeness (QED) is 0.651. The third-order valence-corrected chi connectivity index (χ3v) is 5.73. The van der Waals surface area contributed by atoms with Crippen molar-refractivity contribution in [2.24, 2.45) is 5.84 Å². The number of nitrogens with zero attached hydrogens (tertiary/aromatic N) is 4. The second-order valence-corrected chi connectivity index (χ2v) is 7.05. The van der Waals surface area contributed by atoms with Gasteiger partial charge in [-0.25, -0.2) is 15.8 Å². The van der Waals surface area contributed by atoms with Crippen LogP contribution in [0, 0.1) is 12.7 Å². The lowest BCUT2D eigenvalue weighted by Gasteiger charge is -2.38. The Kier molecular flexibility index (Phi) is 3.65. The molecule has 1 aliphatic carbocycles. The van der Waals surface area contributed by atoms with Crippen LogP contribution >= 0.6 is 0 Å². The average molecular weight is 320 g/mol. The Hall–Kier alpha value is -1.47. The van der Waals surface area contributed by atoms with E-state index >= 15 is 0 Å². The second-order valence-electron chi connectivity index (χ2n) is 7.05. The first-order chi connectivity index (χ1) is 11.2. The zero-order valence-corrected chi connectivity index (χ0v) is 13.7. The largest absolute Gasteiger partial charge is 0.349 e. The minimum absolute atomic E-state index is 0.0872. The van der Waals surface area contributed by atoms with Crippen molar-refractivity contribution in [1.82, 2.24) is 14.9 Å². The fourth-order valence-electron chi connectivity index (χ4n) is 4.56. The number of nitrogen functional groups attached to an aromatic ring is 1. The number of hydrogen-bond donors (Lipinski definition) is 2. The van der Waals surface area contributed by atoms with Gasteiger partial charge in [0.25, 0.3) is 0 Å². The molecule has 2 aliphatic heterocycles. The Morgan fingerprint density at radius 1 is 1.17 bits per heavy atom. The number of hydrogen-bond acceptors (Lipinski definition) is 6. The van der Waals surface area contributed by atoms with Crippen molar-refractivity contribution >= 4 is 11.6 Å². The number of aromatic nitrogens is 2. The van der Waals surface area contributed by atoms with Crippen LogP contribution in [-0.4, -0.2) is 46.1 Å². The van der Waals surface area contributed by atoms with Crippen molar-refractivity contribution in [3.05, 3.63) is 11.6 Å². The van der Waals surface area contributed by atoms with E-state index in [4.69, 9.17) is 5.84 Å². The number of anilines is 2. The van der Waals surface area contributed by atoms with E-state index in [1.807, 2.05) is 0 Å². The molecule has 3 N–H and O–H groups in total. The smallest absolute Gasteiger partial charge is 0.209 e. The predicted octanol–water partition coefficient (Wildman–Crippen LogP) is 1.81. The molecule has 3 heterocycles. The van der Waals surface area contributed by atoms with Crippen LogP contribution in [0.5, 0.6) is 0 Å². The number of likely N-dealkylation sites (tertiary alicyclic amines) is 1. The summed E-state index contributed by atoms with van der Waals surface area (Å²) in [7, 11) is 0. The zero-order chi connectivity index (χ0) is 16.0. The molecule has 1 saturated carbocycles. The lowest BCUT2D eigenvalue weighted by Crippen LogP contribution is -2.51. The zero-order valence-electron chi connectivity index (χ0n) is 13.7. The van der Waals surface area contributed by atoms with E-state index in [-0.39, 0.29) is 11.4 Å². The van der Waals surface area contributed by atoms with Crippen LogP contribution in [0.4, 0.5) is 16.0 Å². The van der Waals surface area contributed by atoms with E-state index in [0.29, 0.717) is 17.7 Å². The summed E-state index contributed by atoms with van der Waals surface area (Å²) in [6, 6.07) is 0.357. The molecule has 4 rings (SSSR count). The van der Waals surface area contributed by atoms with Gasteiger partial charge < -0.3 is 10.3 Å². The van der Waals surface area contributed by atoms with Crippen LogP contribution in [0.15, 0.2) is 0 Å². The number of halogens is 1. The molecule has 0 amide bonds. The van der Waals surface area contributed by atoms with Crippen molar-refractivity contribution in [2.45, 2.75) is 57.0 Å². The van der Waals surface area contributed by atoms with Crippen LogP contribution in [0.1, 0.15) is 44.3 Å². The van der Waals surface area contributed by atoms with E-state index in [1.54, 1.807) is 6.92 Å². The third-order valence-electron chi connectivity index (χ3n) is 5.73. The number of hydrazine groups is 1. The molecule has 3 aliphatic rings. The van der Waals surface area contributed by atoms with Crippen LogP contribution in [0.25, 0.3) is 0 Å². The van der Waals surface area contributed by atoms with Gasteiger partial charge in [-0.05, 0) is 58.5 Å². The SMILES string of the molecule is Cc1nc(NN)c(F)c(N2CCCC2C2(N3CCCC3)CC2)n1. The van der Waals surface area contributed by atoms with Crippen molar-refractivity contribution in [3.63, 3.8) is 0 Å². The van der Waals surface area contributed by atoms with Gasteiger partial charge in [-0.3, -0.25) is 4.90 Å². The molecule has 0 bridgehead atoms. The molecule has 1 atom stereocenters. The maximum Gasteiger partial charge on any atom is 0.209 e. The van der Waals surface area contributed by atoms with Crippen LogP contribution in [0.3, 0.4) is 0 Å². The van der Waals surface area contributed by atoms with Crippen molar-refractivity contribution in [3.8, 4) is 0 Å². The van der Waals surface area contributed by atoms with Gasteiger partial charge in [0.1, 0.15) is 5.82 Å². The van der Waals surface area contributed by atoms with E-state index in [1.165, 1.54) is 38.8 Å². The summed E-state index contributed by atoms with van der Waals surface area (Å²) in [5.74, 6) is 6.03. The molecule has 0 spiro atoms. The van der Waals surface area contributed by atoms with Crippen LogP contribution in [-0.2, 0) is 0 Å². The highest BCUT2D eigenvalue weighted by Gasteiger charge is 2.57. The highest BCUT2D eigenvalue weighted by atomic mass is 19.1. The summed E-state index contributed by atoms with van der Waals surface area (Å²) < 4.78 is 14.7. The summed E-state index contributed by atoms with van der Waals surface area (Å²) in [5, 5.41) is 0. The van der Waals surface area contributed by atoms with Gasteiger partial charge in [-0.2, -0.15) is 4.39 Å². The molecule has 1 aromatic heterocycles. The maximum atomic E-state index is 14.7. The lowest BCUT2D eigenvalue weighted by atomic mass is 10.0. The second kappa shape index (κ2) is 5.56. The molecule has 7 heteroatoms. The Bertz CT molecular complexity index is 596. The molecular formula is C16H25FN6. The van der Waals surface area contributed by atoms with Crippen molar-refractivity contribution < 1.29 is 4.39 Å². The Balaban J connectivity index is 1.67. The fraction of sp³-hybridized carbons (Fsp3) is 0.750. The minimum atomic E-state index is -0.428. The van der Waals surface area contributed by atoms with Gasteiger partial charge in [0.15, 0.2) is 11.6 Å². The predicted molar refractivity (Wildman–Crippen MR) is 87.7 cm³/mol. The monoisotopic (exact) mass is 320 g/mol. The molecule has 23 heavy (non-hydrogen) atoms. The molecule has 126 valence electrons. The number of nitrogens with two attached hydrogens (primary N) is 1. The Labute approximate surface area is 136 Å². The number of rotatable bonds is 4. The molecule has 1 unspecified atom stereocenters. The van der Waals surface area contributed by atoms with Gasteiger partial charge >= 0.3 is 0 Å². The first-order valence-electron chi connectivity index (χ1n) is 8.68. The van der Waals surface area contributed by atoms with Crippen molar-refractivity contribution in [2.75, 3.05) is 30.0 Å². The van der Waals surface area contributed by atoms with E-state index in [2.05, 4.69) is 25.2 Å². The van der Waals surface area contributed by atoms with E-state index < -0.39 is 5.82 Å². The fourth-order valence-corrected chi connectivity index (χ4v) is 4.56. The molecule has 0 aromatic carbocycles. The summed E-state index contributed by atoms with van der Waals surface area (Å²) in [4.78, 5) is 13.3. The van der Waals surface area contributed by atoms with Crippen LogP contribution < -0.4 is 16.2 Å². The standard InChI is InChI=1S/C16H25FN6/c1-11-19-14(21-18)13(17)15(20-11)23-10-4-5-12(23)16(6-7-16)22-8-2-3-9-22/h12H,2-10,18H2,1H3,(H,19,20,21). The number of nitrogens with one attached hydrogen (secondary N) is 1. The topological polar surface area (TPSA) is 70.3 Å². The maximum absolute atomic E-state index is 14.7. The van der Waals surface area contributed by atoms with E-state index in [0.717, 1.165) is 19.4 Å². The van der Waals surface area contributed by atoms with E-state index in [9.17, 15) is 4.39 Å². The summed E-state index contributed by atoms with van der Waals surface area (Å²) in [6.45, 7) is 5.01. The minimum Gasteiger partial charge on any atom is -0.349 e. The van der Waals surface area contributed by atoms with Gasteiger partial charge in [-0.1, -0.05) is 0 Å². The molecule has 6 nitrogen and oxygen atoms in total. The molecule has 2 saturated heterocycles. The van der Waals surface area contributed by atoms with Crippen molar-refractivity contribution in [1.29, 1.82) is 0 Å². The summed E-state index contributed by atoms with van der Waals surface area (Å²) in [6.07, 6.45) is 7.23. The van der Waals surface area contributed by atoms with Gasteiger partial charge in [0.2, 0.25) is 5.82 Å². The van der Waals surface area contributed by atoms with Gasteiger partial charge in [0.05, 0.1) is 0 Å². The molecule has 3 fully saturated rings. The first-order valence-corrected chi connectivity index (χ1v) is 8.68. The van der Waals surface area contributed by atoms with Gasteiger partial charge in [-0.15, -0.1) is 0 Å².